The summed E-state index contributed by atoms with van der Waals surface area (Å²) in [7, 11) is 0. The molecule has 3 atom stereocenters. The fraction of sp³-hybridized carbons (Fsp3) is 0.333. The van der Waals surface area contributed by atoms with E-state index in [-0.39, 0.29) is 17.9 Å². The molecule has 1 fully saturated rings. The number of nitrogens with one attached hydrogen (secondary N) is 1. The van der Waals surface area contributed by atoms with Gasteiger partial charge in [-0.1, -0.05) is 18.2 Å². The van der Waals surface area contributed by atoms with Crippen LogP contribution in [0.5, 0.6) is 0 Å². The van der Waals surface area contributed by atoms with E-state index in [1.165, 1.54) is 0 Å². The second-order valence-corrected chi connectivity index (χ2v) is 6.54. The van der Waals surface area contributed by atoms with Gasteiger partial charge in [0.05, 0.1) is 23.6 Å². The fourth-order valence-electron chi connectivity index (χ4n) is 4.10. The second kappa shape index (κ2) is 4.55. The maximum atomic E-state index is 12.8. The highest BCUT2D eigenvalue weighted by atomic mass is 16.3. The topological polar surface area (TPSA) is 67.2 Å². The lowest BCUT2D eigenvalue weighted by atomic mass is 9.80. The summed E-state index contributed by atoms with van der Waals surface area (Å²) in [5.74, 6) is 0.625. The Labute approximate surface area is 133 Å². The van der Waals surface area contributed by atoms with Crippen LogP contribution in [0, 0.1) is 5.92 Å². The van der Waals surface area contributed by atoms with Crippen molar-refractivity contribution in [2.75, 3.05) is 5.32 Å². The summed E-state index contributed by atoms with van der Waals surface area (Å²) in [5, 5.41) is 14.8. The summed E-state index contributed by atoms with van der Waals surface area (Å²) in [6.45, 7) is 0. The van der Waals surface area contributed by atoms with E-state index >= 15 is 0 Å². The maximum absolute atomic E-state index is 12.8. The highest BCUT2D eigenvalue weighted by Crippen LogP contribution is 2.41. The summed E-state index contributed by atoms with van der Waals surface area (Å²) in [6.07, 6.45) is 3.82. The van der Waals surface area contributed by atoms with Crippen LogP contribution in [0.15, 0.2) is 36.5 Å². The molecule has 0 aromatic heterocycles. The van der Waals surface area contributed by atoms with Crippen molar-refractivity contribution in [3.8, 4) is 11.3 Å². The molecule has 23 heavy (non-hydrogen) atoms. The van der Waals surface area contributed by atoms with Gasteiger partial charge in [0.1, 0.15) is 11.5 Å². The lowest BCUT2D eigenvalue weighted by molar-refractivity contribution is 0.0534. The van der Waals surface area contributed by atoms with Crippen molar-refractivity contribution in [1.82, 2.24) is 9.55 Å². The second-order valence-electron chi connectivity index (χ2n) is 6.54. The quantitative estimate of drug-likeness (QED) is 0.670. The van der Waals surface area contributed by atoms with Gasteiger partial charge in [0.25, 0.3) is 0 Å². The van der Waals surface area contributed by atoms with E-state index in [1.54, 1.807) is 4.57 Å². The summed E-state index contributed by atoms with van der Waals surface area (Å²) in [5.41, 5.74) is 2.77. The monoisotopic (exact) mass is 307 g/mol. The fourth-order valence-corrected chi connectivity index (χ4v) is 4.10. The number of carbonyl (C=O) groups excluding carboxylic acids is 1. The summed E-state index contributed by atoms with van der Waals surface area (Å²) < 4.78 is 1.67. The number of para-hydroxylation sites is 1. The number of aliphatic hydroxyl groups is 1. The van der Waals surface area contributed by atoms with E-state index in [4.69, 9.17) is 4.98 Å². The van der Waals surface area contributed by atoms with Gasteiger partial charge in [0.2, 0.25) is 5.91 Å². The van der Waals surface area contributed by atoms with Crippen molar-refractivity contribution in [3.05, 3.63) is 36.5 Å². The number of hydrogen-bond donors (Lipinski definition) is 2. The van der Waals surface area contributed by atoms with Crippen molar-refractivity contribution in [1.29, 1.82) is 0 Å². The van der Waals surface area contributed by atoms with Gasteiger partial charge in [-0.05, 0) is 31.4 Å². The number of nitrogens with zero attached hydrogens (tertiary/aromatic N) is 2. The van der Waals surface area contributed by atoms with E-state index in [2.05, 4.69) is 5.32 Å². The molecule has 0 bridgehead atoms. The number of hydrogen-bond acceptors (Lipinski definition) is 4. The van der Waals surface area contributed by atoms with Crippen LogP contribution in [-0.2, 0) is 0 Å². The Morgan fingerprint density at radius 3 is 3.00 bits per heavy atom. The number of aliphatic hydroxyl groups excluding tert-OH is 1. The Morgan fingerprint density at radius 1 is 1.22 bits per heavy atom. The lowest BCUT2D eigenvalue weighted by Crippen LogP contribution is -2.52. The van der Waals surface area contributed by atoms with Crippen LogP contribution in [0.3, 0.4) is 0 Å². The molecule has 1 aliphatic carbocycles. The summed E-state index contributed by atoms with van der Waals surface area (Å²) >= 11 is 0. The maximum Gasteiger partial charge on any atom is 0.237 e. The van der Waals surface area contributed by atoms with Crippen molar-refractivity contribution in [3.63, 3.8) is 0 Å². The minimum absolute atomic E-state index is 0.0662. The molecular formula is C18H17N3O2. The average molecular weight is 307 g/mol. The minimum atomic E-state index is -0.480. The van der Waals surface area contributed by atoms with Gasteiger partial charge in [-0.3, -0.25) is 9.36 Å². The van der Waals surface area contributed by atoms with Crippen LogP contribution in [0.1, 0.15) is 24.1 Å². The minimum Gasteiger partial charge on any atom is -0.391 e. The smallest absolute Gasteiger partial charge is 0.237 e. The Hall–Kier alpha value is -2.40. The molecule has 0 unspecified atom stereocenters. The molecule has 1 saturated carbocycles. The van der Waals surface area contributed by atoms with Gasteiger partial charge < -0.3 is 10.4 Å². The Kier molecular flexibility index (Phi) is 2.59. The van der Waals surface area contributed by atoms with Crippen LogP contribution in [0.4, 0.5) is 5.82 Å². The third-order valence-electron chi connectivity index (χ3n) is 5.26. The molecule has 116 valence electrons. The van der Waals surface area contributed by atoms with Crippen molar-refractivity contribution < 1.29 is 9.90 Å². The van der Waals surface area contributed by atoms with Gasteiger partial charge in [-0.25, -0.2) is 4.98 Å². The molecule has 5 heteroatoms. The molecule has 1 aromatic rings. The van der Waals surface area contributed by atoms with Crippen LogP contribution < -0.4 is 5.32 Å². The van der Waals surface area contributed by atoms with Gasteiger partial charge in [0.15, 0.2) is 0 Å². The van der Waals surface area contributed by atoms with E-state index < -0.39 is 6.10 Å². The van der Waals surface area contributed by atoms with E-state index in [1.807, 2.05) is 36.5 Å². The predicted octanol–water partition coefficient (Wildman–Crippen LogP) is 2.74. The van der Waals surface area contributed by atoms with Crippen LogP contribution in [0.25, 0.3) is 22.2 Å². The van der Waals surface area contributed by atoms with E-state index in [9.17, 15) is 9.90 Å². The molecule has 1 aromatic carbocycles. The highest BCUT2D eigenvalue weighted by molar-refractivity contribution is 6.02. The zero-order valence-corrected chi connectivity index (χ0v) is 12.6. The molecule has 0 amide bonds. The first-order chi connectivity index (χ1) is 11.2. The number of rotatable bonds is 0. The number of pyridine rings is 1. The number of aromatic nitrogens is 2. The zero-order valence-electron chi connectivity index (χ0n) is 12.6. The first-order valence-corrected chi connectivity index (χ1v) is 8.12. The van der Waals surface area contributed by atoms with Gasteiger partial charge in [-0.15, -0.1) is 0 Å². The van der Waals surface area contributed by atoms with E-state index in [0.29, 0.717) is 5.82 Å². The Balaban J connectivity index is 1.75. The Bertz CT molecular complexity index is 901. The van der Waals surface area contributed by atoms with Crippen molar-refractivity contribution in [2.24, 2.45) is 5.92 Å². The Morgan fingerprint density at radius 2 is 2.09 bits per heavy atom. The number of anilines is 1. The molecule has 3 heterocycles. The van der Waals surface area contributed by atoms with Crippen molar-refractivity contribution >= 4 is 22.6 Å². The summed E-state index contributed by atoms with van der Waals surface area (Å²) in [4.78, 5) is 17.5. The third kappa shape index (κ3) is 1.71. The molecule has 0 saturated heterocycles. The molecular weight excluding hydrogens is 290 g/mol. The highest BCUT2D eigenvalue weighted by Gasteiger charge is 2.42. The number of carbonyl (C=O) groups is 1. The molecule has 2 N–H and O–H groups in total. The average Bonchev–Trinajstić information content (AvgIpc) is 2.95. The number of benzene rings is 1. The SMILES string of the molecule is O=C1[C@@H]2CCC[C@@H](O)[C@H]2Nc2c3nc4ccccc4c-3ccn21. The van der Waals surface area contributed by atoms with Crippen molar-refractivity contribution in [2.45, 2.75) is 31.4 Å². The standard InChI is InChI=1S/C18H17N3O2/c22-14-7-3-5-12-15(14)20-17-16-11(8-9-21(17)18(12)23)10-4-1-2-6-13(10)19-16/h1-2,4,6,8-9,12,14-15,20,22H,3,5,7H2/t12-,14-,15+/m1/s1. The van der Waals surface area contributed by atoms with Gasteiger partial charge in [0, 0.05) is 17.1 Å². The normalized spacial score (nSPS) is 26.8. The molecule has 4 aliphatic rings. The van der Waals surface area contributed by atoms with Gasteiger partial charge in [-0.2, -0.15) is 0 Å². The molecule has 0 radical (unpaired) electrons. The lowest BCUT2D eigenvalue weighted by Gasteiger charge is -2.40. The first-order valence-electron chi connectivity index (χ1n) is 8.12. The molecule has 5 rings (SSSR count). The zero-order chi connectivity index (χ0) is 15.6. The predicted molar refractivity (Wildman–Crippen MR) is 87.7 cm³/mol. The van der Waals surface area contributed by atoms with Crippen LogP contribution in [-0.4, -0.2) is 32.7 Å². The van der Waals surface area contributed by atoms with Crippen LogP contribution in [0.2, 0.25) is 0 Å². The summed E-state index contributed by atoms with van der Waals surface area (Å²) in [6, 6.07) is 9.75. The molecule has 0 spiro atoms. The largest absolute Gasteiger partial charge is 0.391 e. The number of fused-ring (bicyclic) bond motifs is 6. The van der Waals surface area contributed by atoms with Crippen LogP contribution >= 0.6 is 0 Å². The third-order valence-corrected chi connectivity index (χ3v) is 5.26. The molecule has 3 aliphatic heterocycles. The first kappa shape index (κ1) is 13.1. The molecule has 5 nitrogen and oxygen atoms in total. The van der Waals surface area contributed by atoms with E-state index in [0.717, 1.165) is 41.4 Å². The van der Waals surface area contributed by atoms with Gasteiger partial charge >= 0.3 is 0 Å².